The molecular formula is C11H21NO2. The van der Waals surface area contributed by atoms with Gasteiger partial charge in [-0.05, 0) is 45.7 Å². The van der Waals surface area contributed by atoms with Gasteiger partial charge in [-0.2, -0.15) is 0 Å². The van der Waals surface area contributed by atoms with E-state index < -0.39 is 11.5 Å². The predicted molar refractivity (Wildman–Crippen MR) is 56.3 cm³/mol. The molecular weight excluding hydrogens is 178 g/mol. The van der Waals surface area contributed by atoms with E-state index in [1.54, 1.807) is 0 Å². The van der Waals surface area contributed by atoms with Crippen LogP contribution in [0.25, 0.3) is 0 Å². The maximum Gasteiger partial charge on any atom is 0.324 e. The lowest BCUT2D eigenvalue weighted by molar-refractivity contribution is -0.151. The average Bonchev–Trinajstić information content (AvgIpc) is 2.95. The van der Waals surface area contributed by atoms with Crippen LogP contribution in [-0.4, -0.2) is 35.1 Å². The van der Waals surface area contributed by atoms with Gasteiger partial charge < -0.3 is 5.11 Å². The van der Waals surface area contributed by atoms with Crippen LogP contribution in [0.4, 0.5) is 0 Å². The van der Waals surface area contributed by atoms with Crippen LogP contribution in [0.15, 0.2) is 0 Å². The number of hydrogen-bond donors (Lipinski definition) is 1. The van der Waals surface area contributed by atoms with Gasteiger partial charge in [0.2, 0.25) is 0 Å². The normalized spacial score (nSPS) is 20.9. The van der Waals surface area contributed by atoms with Crippen molar-refractivity contribution in [1.29, 1.82) is 0 Å². The molecule has 3 heteroatoms. The van der Waals surface area contributed by atoms with E-state index >= 15 is 0 Å². The lowest BCUT2D eigenvalue weighted by Crippen LogP contribution is -2.52. The van der Waals surface area contributed by atoms with E-state index in [0.717, 1.165) is 32.2 Å². The second kappa shape index (κ2) is 4.30. The molecule has 0 saturated heterocycles. The minimum atomic E-state index is -0.668. The monoisotopic (exact) mass is 199 g/mol. The minimum Gasteiger partial charge on any atom is -0.480 e. The molecule has 1 rings (SSSR count). The van der Waals surface area contributed by atoms with Crippen LogP contribution in [0.3, 0.4) is 0 Å². The smallest absolute Gasteiger partial charge is 0.324 e. The van der Waals surface area contributed by atoms with Gasteiger partial charge in [-0.15, -0.1) is 0 Å². The fraction of sp³-hybridized carbons (Fsp3) is 0.909. The second-order valence-corrected chi connectivity index (χ2v) is 4.50. The molecule has 0 aromatic carbocycles. The molecule has 14 heavy (non-hydrogen) atoms. The summed E-state index contributed by atoms with van der Waals surface area (Å²) in [6.45, 7) is 4.88. The minimum absolute atomic E-state index is 0.363. The molecule has 0 aliphatic heterocycles. The number of aliphatic carboxylic acids is 1. The van der Waals surface area contributed by atoms with Crippen LogP contribution in [0.5, 0.6) is 0 Å². The van der Waals surface area contributed by atoms with E-state index in [2.05, 4.69) is 6.92 Å². The number of carboxylic acid groups (broad SMARTS) is 1. The molecule has 1 aliphatic rings. The largest absolute Gasteiger partial charge is 0.480 e. The average molecular weight is 199 g/mol. The van der Waals surface area contributed by atoms with Gasteiger partial charge in [0.25, 0.3) is 0 Å². The summed E-state index contributed by atoms with van der Waals surface area (Å²) in [5, 5.41) is 9.27. The third kappa shape index (κ3) is 2.08. The van der Waals surface area contributed by atoms with Gasteiger partial charge in [-0.3, -0.25) is 9.69 Å². The van der Waals surface area contributed by atoms with Crippen molar-refractivity contribution in [2.75, 3.05) is 13.6 Å². The van der Waals surface area contributed by atoms with Gasteiger partial charge in [0.15, 0.2) is 0 Å². The summed E-state index contributed by atoms with van der Waals surface area (Å²) in [5.74, 6) is -0.305. The number of carboxylic acids is 1. The molecule has 0 spiro atoms. The number of hydrogen-bond acceptors (Lipinski definition) is 2. The summed E-state index contributed by atoms with van der Waals surface area (Å²) >= 11 is 0. The molecule has 0 aromatic rings. The van der Waals surface area contributed by atoms with Gasteiger partial charge in [0.05, 0.1) is 0 Å². The van der Waals surface area contributed by atoms with Crippen LogP contribution >= 0.6 is 0 Å². The SMILES string of the molecule is CCCCN(C)C(C)(C(=O)O)C1CC1. The third-order valence-electron chi connectivity index (χ3n) is 3.45. The highest BCUT2D eigenvalue weighted by Gasteiger charge is 2.49. The van der Waals surface area contributed by atoms with Crippen molar-refractivity contribution in [2.45, 2.75) is 45.1 Å². The summed E-state index contributed by atoms with van der Waals surface area (Å²) < 4.78 is 0. The first-order valence-electron chi connectivity index (χ1n) is 5.48. The molecule has 1 aliphatic carbocycles. The maximum absolute atomic E-state index is 11.3. The lowest BCUT2D eigenvalue weighted by Gasteiger charge is -2.35. The molecule has 0 heterocycles. The molecule has 0 radical (unpaired) electrons. The molecule has 1 N–H and O–H groups in total. The zero-order chi connectivity index (χ0) is 10.8. The molecule has 1 atom stereocenters. The Kier molecular flexibility index (Phi) is 3.53. The van der Waals surface area contributed by atoms with Gasteiger partial charge in [-0.25, -0.2) is 0 Å². The van der Waals surface area contributed by atoms with Crippen LogP contribution in [0.1, 0.15) is 39.5 Å². The van der Waals surface area contributed by atoms with E-state index in [1.807, 2.05) is 18.9 Å². The molecule has 0 amide bonds. The Morgan fingerprint density at radius 2 is 2.14 bits per heavy atom. The Balaban J connectivity index is 2.61. The lowest BCUT2D eigenvalue weighted by atomic mass is 9.94. The molecule has 82 valence electrons. The van der Waals surface area contributed by atoms with E-state index in [1.165, 1.54) is 0 Å². The van der Waals surface area contributed by atoms with E-state index in [0.29, 0.717) is 5.92 Å². The fourth-order valence-corrected chi connectivity index (χ4v) is 1.92. The van der Waals surface area contributed by atoms with Crippen molar-refractivity contribution in [3.63, 3.8) is 0 Å². The Hall–Kier alpha value is -0.570. The number of carbonyl (C=O) groups is 1. The van der Waals surface area contributed by atoms with E-state index in [9.17, 15) is 9.90 Å². The fourth-order valence-electron chi connectivity index (χ4n) is 1.92. The number of unbranched alkanes of at least 4 members (excludes halogenated alkanes) is 1. The molecule has 1 saturated carbocycles. The van der Waals surface area contributed by atoms with Crippen molar-refractivity contribution in [3.05, 3.63) is 0 Å². The predicted octanol–water partition coefficient (Wildman–Crippen LogP) is 1.97. The van der Waals surface area contributed by atoms with Gasteiger partial charge in [0.1, 0.15) is 5.54 Å². The standard InChI is InChI=1S/C11H21NO2/c1-4-5-8-12(3)11(2,10(13)14)9-6-7-9/h9H,4-8H2,1-3H3,(H,13,14). The third-order valence-corrected chi connectivity index (χ3v) is 3.45. The quantitative estimate of drug-likeness (QED) is 0.711. The number of rotatable bonds is 6. The van der Waals surface area contributed by atoms with Gasteiger partial charge in [-0.1, -0.05) is 13.3 Å². The summed E-state index contributed by atoms with van der Waals surface area (Å²) in [5.41, 5.74) is -0.630. The first kappa shape index (κ1) is 11.5. The Labute approximate surface area is 86.1 Å². The van der Waals surface area contributed by atoms with Crippen LogP contribution in [-0.2, 0) is 4.79 Å². The molecule has 0 bridgehead atoms. The first-order chi connectivity index (χ1) is 6.53. The first-order valence-corrected chi connectivity index (χ1v) is 5.48. The molecule has 3 nitrogen and oxygen atoms in total. The van der Waals surface area contributed by atoms with Gasteiger partial charge in [0, 0.05) is 0 Å². The topological polar surface area (TPSA) is 40.5 Å². The van der Waals surface area contributed by atoms with Crippen LogP contribution < -0.4 is 0 Å². The zero-order valence-electron chi connectivity index (χ0n) is 9.42. The van der Waals surface area contributed by atoms with Crippen molar-refractivity contribution >= 4 is 5.97 Å². The summed E-state index contributed by atoms with van der Waals surface area (Å²) in [4.78, 5) is 13.3. The Morgan fingerprint density at radius 1 is 1.57 bits per heavy atom. The van der Waals surface area contributed by atoms with Crippen LogP contribution in [0.2, 0.25) is 0 Å². The van der Waals surface area contributed by atoms with Crippen molar-refractivity contribution in [2.24, 2.45) is 5.92 Å². The Bertz CT molecular complexity index is 213. The molecule has 1 fully saturated rings. The van der Waals surface area contributed by atoms with Gasteiger partial charge >= 0.3 is 5.97 Å². The number of nitrogens with zero attached hydrogens (tertiary/aromatic N) is 1. The van der Waals surface area contributed by atoms with E-state index in [-0.39, 0.29) is 0 Å². The van der Waals surface area contributed by atoms with Crippen molar-refractivity contribution < 1.29 is 9.90 Å². The molecule has 1 unspecified atom stereocenters. The zero-order valence-corrected chi connectivity index (χ0v) is 9.42. The summed E-state index contributed by atoms with van der Waals surface area (Å²) in [6.07, 6.45) is 4.33. The second-order valence-electron chi connectivity index (χ2n) is 4.50. The number of likely N-dealkylation sites (N-methyl/N-ethyl adjacent to an activating group) is 1. The van der Waals surface area contributed by atoms with Crippen molar-refractivity contribution in [1.82, 2.24) is 4.90 Å². The highest BCUT2D eigenvalue weighted by molar-refractivity contribution is 5.79. The Morgan fingerprint density at radius 3 is 2.50 bits per heavy atom. The highest BCUT2D eigenvalue weighted by atomic mass is 16.4. The highest BCUT2D eigenvalue weighted by Crippen LogP contribution is 2.42. The summed E-state index contributed by atoms with van der Waals surface area (Å²) in [6, 6.07) is 0. The van der Waals surface area contributed by atoms with Crippen molar-refractivity contribution in [3.8, 4) is 0 Å². The maximum atomic E-state index is 11.3. The van der Waals surface area contributed by atoms with Crippen LogP contribution in [0, 0.1) is 5.92 Å². The molecule has 0 aromatic heterocycles. The van der Waals surface area contributed by atoms with E-state index in [4.69, 9.17) is 0 Å². The summed E-state index contributed by atoms with van der Waals surface area (Å²) in [7, 11) is 1.93.